The minimum absolute atomic E-state index is 0.0776. The highest BCUT2D eigenvalue weighted by molar-refractivity contribution is 5.91. The summed E-state index contributed by atoms with van der Waals surface area (Å²) in [5, 5.41) is 19.4. The third-order valence-corrected chi connectivity index (χ3v) is 10.7. The molecule has 19 nitrogen and oxygen atoms in total. The Hall–Kier alpha value is -6.37. The topological polar surface area (TPSA) is 244 Å². The molecule has 4 amide bonds. The summed E-state index contributed by atoms with van der Waals surface area (Å²) in [5.74, 6) is -3.17. The van der Waals surface area contributed by atoms with E-state index in [2.05, 4.69) is 31.6 Å². The molecule has 2 aromatic carbocycles. The number of methoxy groups -OCH3 is 1. The van der Waals surface area contributed by atoms with Crippen LogP contribution in [0.4, 0.5) is 4.79 Å². The number of hydrogen-bond donors (Lipinski definition) is 4. The van der Waals surface area contributed by atoms with Crippen molar-refractivity contribution >= 4 is 41.7 Å². The minimum atomic E-state index is -1.19. The van der Waals surface area contributed by atoms with E-state index in [9.17, 15) is 33.6 Å². The number of nitrogens with one attached hydrogen (secondary N) is 4. The first-order valence-electron chi connectivity index (χ1n) is 25.4. The van der Waals surface area contributed by atoms with Gasteiger partial charge in [0.25, 0.3) is 0 Å². The first kappa shape index (κ1) is 60.9. The fourth-order valence-corrected chi connectivity index (χ4v) is 7.37. The Kier molecular flexibility index (Phi) is 25.6. The quantitative estimate of drug-likeness (QED) is 0.0306. The first-order chi connectivity index (χ1) is 34.4. The van der Waals surface area contributed by atoms with Crippen molar-refractivity contribution in [1.82, 2.24) is 36.3 Å². The Morgan fingerprint density at radius 1 is 0.562 bits per heavy atom. The SMILES string of the molecule is COC(=O)[C@H](Cc1ccccc1)NC(=O)[C@H](Cc1ccccc1)NC(=O)CCCCCCCOCc1cn(CCCC[C@H](NC(=O)N[C@@H](CCC(=O)OC(C)(C)C)C(=O)OC(C)(C)C)C(=O)OC(C)(C)C)nn1. The van der Waals surface area contributed by atoms with Crippen LogP contribution in [-0.4, -0.2) is 111 Å². The number of amides is 4. The van der Waals surface area contributed by atoms with Gasteiger partial charge in [0.2, 0.25) is 11.8 Å². The Bertz CT molecular complexity index is 2180. The number of rotatable bonds is 30. The van der Waals surface area contributed by atoms with Crippen LogP contribution >= 0.6 is 0 Å². The van der Waals surface area contributed by atoms with Crippen molar-refractivity contribution in [1.29, 1.82) is 0 Å². The molecule has 4 N–H and O–H groups in total. The fraction of sp³-hybridized carbons (Fsp3) is 0.611. The van der Waals surface area contributed by atoms with Gasteiger partial charge in [0.15, 0.2) is 0 Å². The Labute approximate surface area is 431 Å². The second-order valence-corrected chi connectivity index (χ2v) is 21.0. The summed E-state index contributed by atoms with van der Waals surface area (Å²) >= 11 is 0. The van der Waals surface area contributed by atoms with Crippen LogP contribution in [0.3, 0.4) is 0 Å². The summed E-state index contributed by atoms with van der Waals surface area (Å²) in [6.45, 7) is 16.8. The van der Waals surface area contributed by atoms with Gasteiger partial charge in [0.1, 0.15) is 46.7 Å². The van der Waals surface area contributed by atoms with E-state index >= 15 is 0 Å². The van der Waals surface area contributed by atoms with Crippen LogP contribution in [-0.2, 0) is 78.4 Å². The van der Waals surface area contributed by atoms with Crippen molar-refractivity contribution in [2.24, 2.45) is 0 Å². The smallest absolute Gasteiger partial charge is 0.329 e. The lowest BCUT2D eigenvalue weighted by molar-refractivity contribution is -0.159. The zero-order valence-corrected chi connectivity index (χ0v) is 44.7. The van der Waals surface area contributed by atoms with Crippen LogP contribution in [0.1, 0.15) is 150 Å². The lowest BCUT2D eigenvalue weighted by Crippen LogP contribution is -2.53. The van der Waals surface area contributed by atoms with Gasteiger partial charge in [-0.1, -0.05) is 85.1 Å². The van der Waals surface area contributed by atoms with E-state index < -0.39 is 76.8 Å². The monoisotopic (exact) mass is 1020 g/mol. The number of nitrogens with zero attached hydrogens (tertiary/aromatic N) is 3. The minimum Gasteiger partial charge on any atom is -0.467 e. The second kappa shape index (κ2) is 30.6. The van der Waals surface area contributed by atoms with Gasteiger partial charge in [-0.15, -0.1) is 5.10 Å². The highest BCUT2D eigenvalue weighted by Crippen LogP contribution is 2.16. The Morgan fingerprint density at radius 3 is 1.66 bits per heavy atom. The van der Waals surface area contributed by atoms with Crippen LogP contribution in [0.2, 0.25) is 0 Å². The van der Waals surface area contributed by atoms with Crippen LogP contribution < -0.4 is 21.3 Å². The van der Waals surface area contributed by atoms with Crippen molar-refractivity contribution in [2.45, 2.75) is 200 Å². The molecule has 0 saturated carbocycles. The van der Waals surface area contributed by atoms with E-state index in [0.29, 0.717) is 38.1 Å². The molecule has 0 aliphatic rings. The van der Waals surface area contributed by atoms with Gasteiger partial charge in [0.05, 0.1) is 19.9 Å². The van der Waals surface area contributed by atoms with Crippen molar-refractivity contribution in [3.8, 4) is 0 Å². The maximum Gasteiger partial charge on any atom is 0.329 e. The van der Waals surface area contributed by atoms with Gasteiger partial charge >= 0.3 is 29.9 Å². The summed E-state index contributed by atoms with van der Waals surface area (Å²) in [6.07, 6.45) is 7.78. The average Bonchev–Trinajstić information content (AvgIpc) is 3.76. The molecular formula is C54H81N7O12. The first-order valence-corrected chi connectivity index (χ1v) is 25.4. The molecular weight excluding hydrogens is 939 g/mol. The summed E-state index contributed by atoms with van der Waals surface area (Å²) in [7, 11) is 1.28. The molecule has 1 aromatic heterocycles. The average molecular weight is 1020 g/mol. The van der Waals surface area contributed by atoms with Crippen molar-refractivity contribution in [3.05, 3.63) is 83.7 Å². The van der Waals surface area contributed by atoms with Gasteiger partial charge in [-0.05, 0) is 112 Å². The van der Waals surface area contributed by atoms with Crippen LogP contribution in [0.25, 0.3) is 0 Å². The van der Waals surface area contributed by atoms with E-state index in [-0.39, 0.29) is 51.0 Å². The van der Waals surface area contributed by atoms with Crippen molar-refractivity contribution < 1.29 is 57.2 Å². The molecule has 1 heterocycles. The third-order valence-electron chi connectivity index (χ3n) is 10.7. The van der Waals surface area contributed by atoms with E-state index in [4.69, 9.17) is 23.7 Å². The van der Waals surface area contributed by atoms with Gasteiger partial charge in [-0.25, -0.2) is 19.2 Å². The number of carbonyl (C=O) groups excluding carboxylic acids is 7. The zero-order valence-electron chi connectivity index (χ0n) is 44.7. The maximum atomic E-state index is 13.6. The zero-order chi connectivity index (χ0) is 54.0. The number of aromatic nitrogens is 3. The molecule has 0 spiro atoms. The van der Waals surface area contributed by atoms with Crippen LogP contribution in [0.5, 0.6) is 0 Å². The lowest BCUT2D eigenvalue weighted by Gasteiger charge is -2.27. The Morgan fingerprint density at radius 2 is 1.10 bits per heavy atom. The molecule has 3 rings (SSSR count). The highest BCUT2D eigenvalue weighted by atomic mass is 16.6. The summed E-state index contributed by atoms with van der Waals surface area (Å²) < 4.78 is 29.0. The van der Waals surface area contributed by atoms with E-state index in [0.717, 1.165) is 36.8 Å². The second-order valence-electron chi connectivity index (χ2n) is 21.0. The Balaban J connectivity index is 1.40. The summed E-state index contributed by atoms with van der Waals surface area (Å²) in [6, 6.07) is 13.9. The number of aryl methyl sites for hydroxylation is 1. The van der Waals surface area contributed by atoms with E-state index in [1.165, 1.54) is 7.11 Å². The fourth-order valence-electron chi connectivity index (χ4n) is 7.37. The predicted octanol–water partition coefficient (Wildman–Crippen LogP) is 6.78. The number of urea groups is 1. The van der Waals surface area contributed by atoms with Crippen LogP contribution in [0, 0.1) is 0 Å². The van der Waals surface area contributed by atoms with Gasteiger partial charge in [0, 0.05) is 38.8 Å². The van der Waals surface area contributed by atoms with Crippen molar-refractivity contribution in [3.63, 3.8) is 0 Å². The number of hydrogen-bond acceptors (Lipinski definition) is 14. The molecule has 0 fully saturated rings. The van der Waals surface area contributed by atoms with Gasteiger partial charge in [-0.3, -0.25) is 19.1 Å². The molecule has 0 saturated heterocycles. The number of esters is 4. The third kappa shape index (κ3) is 26.8. The molecule has 0 unspecified atom stereocenters. The van der Waals surface area contributed by atoms with Crippen molar-refractivity contribution in [2.75, 3.05) is 13.7 Å². The largest absolute Gasteiger partial charge is 0.467 e. The number of carbonyl (C=O) groups is 7. The molecule has 73 heavy (non-hydrogen) atoms. The number of unbranched alkanes of at least 4 members (excludes halogenated alkanes) is 5. The molecule has 4 atom stereocenters. The molecule has 0 aliphatic heterocycles. The molecule has 0 aliphatic carbocycles. The number of ether oxygens (including phenoxy) is 5. The molecule has 404 valence electrons. The molecule has 0 bridgehead atoms. The van der Waals surface area contributed by atoms with E-state index in [1.54, 1.807) is 73.2 Å². The summed E-state index contributed by atoms with van der Waals surface area (Å²) in [4.78, 5) is 91.3. The highest BCUT2D eigenvalue weighted by Gasteiger charge is 2.32. The molecule has 19 heteroatoms. The standard InChI is InChI=1S/C54H81N7O12/c1-52(2,3)71-46(63)31-30-42(50(67)73-54(7,8)9)58-51(68)57-41(49(66)72-53(4,5)6)28-21-22-32-61-36-40(59-60-61)37-70-33-23-13-11-12-20-29-45(62)55-43(34-38-24-16-14-17-25-38)47(64)56-44(48(65)69-10)35-39-26-18-15-19-27-39/h14-19,24-27,36,41-44H,11-13,20-23,28-35,37H2,1-10H3,(H,55,62)(H,56,64)(H2,57,58,68)/t41-,42-,43-,44-/m0/s1. The summed E-state index contributed by atoms with van der Waals surface area (Å²) in [5.41, 5.74) is 0.00163. The van der Waals surface area contributed by atoms with Gasteiger partial charge < -0.3 is 45.0 Å². The van der Waals surface area contributed by atoms with Crippen LogP contribution in [0.15, 0.2) is 66.9 Å². The molecule has 0 radical (unpaired) electrons. The predicted molar refractivity (Wildman–Crippen MR) is 273 cm³/mol. The maximum absolute atomic E-state index is 13.6. The lowest BCUT2D eigenvalue weighted by atomic mass is 10.0. The van der Waals surface area contributed by atoms with E-state index in [1.807, 2.05) is 60.7 Å². The normalized spacial score (nSPS) is 13.3. The van der Waals surface area contributed by atoms with Gasteiger partial charge in [-0.2, -0.15) is 0 Å². The number of benzene rings is 2. The molecule has 3 aromatic rings.